The Balaban J connectivity index is 1.01. The molecule has 2 aliphatic rings. The molecule has 0 saturated carbocycles. The number of benzene rings is 2. The topological polar surface area (TPSA) is 150 Å². The van der Waals surface area contributed by atoms with Crippen molar-refractivity contribution < 1.29 is 19.2 Å². The van der Waals surface area contributed by atoms with E-state index in [9.17, 15) is 19.2 Å². The molecular formula is C32H32N8O4S2. The normalized spacial score (nSPS) is 17.9. The van der Waals surface area contributed by atoms with Crippen LogP contribution in [-0.2, 0) is 9.59 Å². The zero-order valence-corrected chi connectivity index (χ0v) is 26.9. The van der Waals surface area contributed by atoms with Gasteiger partial charge in [0.05, 0.1) is 11.4 Å². The summed E-state index contributed by atoms with van der Waals surface area (Å²) in [6.45, 7) is 4.54. The van der Waals surface area contributed by atoms with Crippen molar-refractivity contribution in [3.8, 4) is 0 Å². The Morgan fingerprint density at radius 1 is 0.674 bits per heavy atom. The summed E-state index contributed by atoms with van der Waals surface area (Å²) in [5, 5.41) is 13.7. The molecule has 4 amide bonds. The van der Waals surface area contributed by atoms with Crippen LogP contribution < -0.4 is 10.6 Å². The molecule has 0 bridgehead atoms. The maximum absolute atomic E-state index is 13.1. The number of hydrogen-bond acceptors (Lipinski definition) is 10. The number of carbonyl (C=O) groups is 4. The van der Waals surface area contributed by atoms with Crippen molar-refractivity contribution in [3.05, 3.63) is 80.8 Å². The standard InChI is InChI=1S/C32H32N8O4S2/c1-19-27(45-37-35-19)31(43)39-17-3-5-25(39)29(41)33-23-13-9-21(10-14-23)7-8-22-11-15-24(16-12-22)34-30(42)26-6-4-18-40(26)32(44)28-20(2)36-38-46-28/h7-16,25-26H,3-6,17-18H2,1-2H3,(H,33,41)(H,34,42)/t25-,26-/m0/s1. The molecule has 0 aliphatic carbocycles. The van der Waals surface area contributed by atoms with Crippen molar-refractivity contribution in [3.63, 3.8) is 0 Å². The van der Waals surface area contributed by atoms with E-state index in [0.29, 0.717) is 58.4 Å². The number of likely N-dealkylation sites (tertiary alicyclic amines) is 2. The molecule has 0 unspecified atom stereocenters. The third kappa shape index (κ3) is 6.72. The predicted octanol–water partition coefficient (Wildman–Crippen LogP) is 4.66. The lowest BCUT2D eigenvalue weighted by molar-refractivity contribution is -0.120. The molecule has 12 nitrogen and oxygen atoms in total. The van der Waals surface area contributed by atoms with Gasteiger partial charge in [-0.15, -0.1) is 10.2 Å². The molecule has 2 N–H and O–H groups in total. The van der Waals surface area contributed by atoms with E-state index in [2.05, 4.69) is 29.8 Å². The van der Waals surface area contributed by atoms with Crippen molar-refractivity contribution in [2.45, 2.75) is 51.6 Å². The zero-order chi connectivity index (χ0) is 32.2. The summed E-state index contributed by atoms with van der Waals surface area (Å²) in [5.41, 5.74) is 4.34. The molecule has 4 aromatic rings. The van der Waals surface area contributed by atoms with Crippen LogP contribution in [-0.4, -0.2) is 77.8 Å². The monoisotopic (exact) mass is 656 g/mol. The van der Waals surface area contributed by atoms with Crippen LogP contribution >= 0.6 is 23.1 Å². The van der Waals surface area contributed by atoms with Gasteiger partial charge in [-0.25, -0.2) is 0 Å². The number of aromatic nitrogens is 4. The summed E-state index contributed by atoms with van der Waals surface area (Å²) in [4.78, 5) is 56.2. The number of nitrogens with one attached hydrogen (secondary N) is 2. The molecule has 0 radical (unpaired) electrons. The number of anilines is 2. The second kappa shape index (κ2) is 13.7. The average molecular weight is 657 g/mol. The molecule has 2 aromatic carbocycles. The lowest BCUT2D eigenvalue weighted by Gasteiger charge is -2.23. The highest BCUT2D eigenvalue weighted by atomic mass is 32.1. The molecule has 2 fully saturated rings. The molecule has 0 spiro atoms. The van der Waals surface area contributed by atoms with Crippen LogP contribution in [0.5, 0.6) is 0 Å². The predicted molar refractivity (Wildman–Crippen MR) is 176 cm³/mol. The van der Waals surface area contributed by atoms with E-state index >= 15 is 0 Å². The second-order valence-electron chi connectivity index (χ2n) is 11.2. The maximum Gasteiger partial charge on any atom is 0.268 e. The number of hydrogen-bond donors (Lipinski definition) is 2. The maximum atomic E-state index is 13.1. The number of rotatable bonds is 8. The van der Waals surface area contributed by atoms with Gasteiger partial charge >= 0.3 is 0 Å². The van der Waals surface area contributed by atoms with Gasteiger partial charge in [0, 0.05) is 24.5 Å². The summed E-state index contributed by atoms with van der Waals surface area (Å²) >= 11 is 2.11. The van der Waals surface area contributed by atoms with Crippen LogP contribution in [0.2, 0.25) is 0 Å². The van der Waals surface area contributed by atoms with E-state index in [0.717, 1.165) is 47.0 Å². The molecule has 4 heterocycles. The first-order chi connectivity index (χ1) is 22.3. The summed E-state index contributed by atoms with van der Waals surface area (Å²) in [6, 6.07) is 13.9. The van der Waals surface area contributed by atoms with E-state index in [-0.39, 0.29) is 23.6 Å². The van der Waals surface area contributed by atoms with E-state index in [1.165, 1.54) is 0 Å². The van der Waals surface area contributed by atoms with Crippen LogP contribution in [0.1, 0.15) is 67.5 Å². The van der Waals surface area contributed by atoms with Gasteiger partial charge in [0.1, 0.15) is 21.8 Å². The van der Waals surface area contributed by atoms with Crippen molar-refractivity contribution >= 4 is 70.2 Å². The molecule has 14 heteroatoms. The lowest BCUT2D eigenvalue weighted by Crippen LogP contribution is -2.43. The van der Waals surface area contributed by atoms with Gasteiger partial charge in [0.15, 0.2) is 0 Å². The zero-order valence-electron chi connectivity index (χ0n) is 25.3. The molecule has 2 aromatic heterocycles. The van der Waals surface area contributed by atoms with Gasteiger partial charge in [-0.05, 0) is 98.0 Å². The summed E-state index contributed by atoms with van der Waals surface area (Å²) in [7, 11) is 0. The van der Waals surface area contributed by atoms with Crippen molar-refractivity contribution in [2.24, 2.45) is 0 Å². The van der Waals surface area contributed by atoms with Crippen LogP contribution in [0, 0.1) is 13.8 Å². The Bertz CT molecular complexity index is 1650. The van der Waals surface area contributed by atoms with E-state index in [1.54, 1.807) is 23.6 Å². The molecular weight excluding hydrogens is 625 g/mol. The van der Waals surface area contributed by atoms with Gasteiger partial charge < -0.3 is 20.4 Å². The third-order valence-corrected chi connectivity index (χ3v) is 9.78. The fourth-order valence-corrected chi connectivity index (χ4v) is 6.91. The minimum Gasteiger partial charge on any atom is -0.326 e. The highest BCUT2D eigenvalue weighted by Crippen LogP contribution is 2.26. The Morgan fingerprint density at radius 2 is 1.07 bits per heavy atom. The first-order valence-corrected chi connectivity index (χ1v) is 16.5. The van der Waals surface area contributed by atoms with E-state index in [4.69, 9.17) is 0 Å². The SMILES string of the molecule is Cc1nnsc1C(=O)N1CCC[C@H]1C(=O)Nc1ccc(C=Cc2ccc(NC(=O)[C@@H]3CCCN3C(=O)c3snnc3C)cc2)cc1. The summed E-state index contributed by atoms with van der Waals surface area (Å²) in [6.07, 6.45) is 6.66. The van der Waals surface area contributed by atoms with Gasteiger partial charge in [-0.2, -0.15) is 0 Å². The van der Waals surface area contributed by atoms with Crippen molar-refractivity contribution in [1.82, 2.24) is 29.0 Å². The first kappa shape index (κ1) is 31.2. The van der Waals surface area contributed by atoms with Gasteiger partial charge in [0.25, 0.3) is 11.8 Å². The second-order valence-corrected chi connectivity index (χ2v) is 12.8. The lowest BCUT2D eigenvalue weighted by atomic mass is 10.1. The van der Waals surface area contributed by atoms with Crippen LogP contribution in [0.3, 0.4) is 0 Å². The fraction of sp³-hybridized carbons (Fsp3) is 0.312. The third-order valence-electron chi connectivity index (χ3n) is 8.15. The van der Waals surface area contributed by atoms with Crippen molar-refractivity contribution in [2.75, 3.05) is 23.7 Å². The van der Waals surface area contributed by atoms with Gasteiger partial charge in [-0.1, -0.05) is 45.4 Å². The average Bonchev–Trinajstić information content (AvgIpc) is 3.88. The summed E-state index contributed by atoms with van der Waals surface area (Å²) < 4.78 is 7.69. The summed E-state index contributed by atoms with van der Waals surface area (Å²) in [5.74, 6) is -0.825. The van der Waals surface area contributed by atoms with E-state index in [1.807, 2.05) is 60.7 Å². The smallest absolute Gasteiger partial charge is 0.268 e. The Labute approximate surface area is 273 Å². The Morgan fingerprint density at radius 3 is 1.41 bits per heavy atom. The first-order valence-electron chi connectivity index (χ1n) is 15.0. The van der Waals surface area contributed by atoms with E-state index < -0.39 is 12.1 Å². The van der Waals surface area contributed by atoms with Crippen LogP contribution in [0.15, 0.2) is 48.5 Å². The fourth-order valence-electron chi connectivity index (χ4n) is 5.68. The molecule has 2 saturated heterocycles. The Kier molecular flexibility index (Phi) is 9.26. The van der Waals surface area contributed by atoms with Crippen LogP contribution in [0.4, 0.5) is 11.4 Å². The molecule has 2 atom stereocenters. The molecule has 2 aliphatic heterocycles. The minimum atomic E-state index is -0.536. The molecule has 6 rings (SSSR count). The highest BCUT2D eigenvalue weighted by molar-refractivity contribution is 7.08. The largest absolute Gasteiger partial charge is 0.326 e. The quantitative estimate of drug-likeness (QED) is 0.260. The van der Waals surface area contributed by atoms with Gasteiger partial charge in [-0.3, -0.25) is 19.2 Å². The number of amides is 4. The minimum absolute atomic E-state index is 0.200. The highest BCUT2D eigenvalue weighted by Gasteiger charge is 2.37. The number of carbonyl (C=O) groups excluding carboxylic acids is 4. The van der Waals surface area contributed by atoms with Crippen LogP contribution in [0.25, 0.3) is 12.2 Å². The van der Waals surface area contributed by atoms with Gasteiger partial charge in [0.2, 0.25) is 11.8 Å². The number of nitrogens with zero attached hydrogens (tertiary/aromatic N) is 6. The van der Waals surface area contributed by atoms with Crippen molar-refractivity contribution in [1.29, 1.82) is 0 Å². The number of aryl methyl sites for hydroxylation is 2. The Hall–Kier alpha value is -4.82. The molecule has 46 heavy (non-hydrogen) atoms. The molecule has 236 valence electrons.